The molecule has 6 nitrogen and oxygen atoms in total. The molecule has 1 aromatic heterocycles. The maximum Gasteiger partial charge on any atom is 0.344 e. The molecule has 0 aliphatic carbocycles. The third-order valence-electron chi connectivity index (χ3n) is 2.75. The standard InChI is InChI=1S/C15H19N3O3/c1-10(2)8-21-14(19)9-20-12-5-3-4-11-6-7-13(18-16)17-15(11)12/h3-7,10H,8-9,16H2,1-2H3,(H,17,18). The molecule has 0 bridgehead atoms. The van der Waals surface area contributed by atoms with E-state index >= 15 is 0 Å². The van der Waals surface area contributed by atoms with Crippen LogP contribution in [0.2, 0.25) is 0 Å². The first kappa shape index (κ1) is 15.1. The van der Waals surface area contributed by atoms with Gasteiger partial charge in [0, 0.05) is 5.39 Å². The zero-order chi connectivity index (χ0) is 15.2. The number of aromatic nitrogens is 1. The first-order valence-corrected chi connectivity index (χ1v) is 6.75. The summed E-state index contributed by atoms with van der Waals surface area (Å²) >= 11 is 0. The molecule has 0 aliphatic rings. The van der Waals surface area contributed by atoms with Gasteiger partial charge in [0.1, 0.15) is 17.1 Å². The number of nitrogens with zero attached hydrogens (tertiary/aromatic N) is 1. The summed E-state index contributed by atoms with van der Waals surface area (Å²) in [5.74, 6) is 6.30. The molecule has 112 valence electrons. The van der Waals surface area contributed by atoms with Gasteiger partial charge in [0.25, 0.3) is 0 Å². The number of ether oxygens (including phenoxy) is 2. The summed E-state index contributed by atoms with van der Waals surface area (Å²) in [6.45, 7) is 4.19. The Labute approximate surface area is 123 Å². The van der Waals surface area contributed by atoms with E-state index in [2.05, 4.69) is 10.4 Å². The Balaban J connectivity index is 2.09. The average molecular weight is 289 g/mol. The Morgan fingerprint density at radius 2 is 2.14 bits per heavy atom. The largest absolute Gasteiger partial charge is 0.480 e. The lowest BCUT2D eigenvalue weighted by molar-refractivity contribution is -0.147. The first-order chi connectivity index (χ1) is 10.1. The molecule has 1 heterocycles. The van der Waals surface area contributed by atoms with Crippen molar-refractivity contribution in [2.45, 2.75) is 13.8 Å². The lowest BCUT2D eigenvalue weighted by atomic mass is 10.2. The molecule has 0 atom stereocenters. The van der Waals surface area contributed by atoms with Gasteiger partial charge in [-0.1, -0.05) is 26.0 Å². The number of hydrogen-bond donors (Lipinski definition) is 2. The Morgan fingerprint density at radius 1 is 1.33 bits per heavy atom. The second kappa shape index (κ2) is 6.90. The van der Waals surface area contributed by atoms with Gasteiger partial charge in [0.2, 0.25) is 0 Å². The number of fused-ring (bicyclic) bond motifs is 1. The Hall–Kier alpha value is -2.34. The molecule has 21 heavy (non-hydrogen) atoms. The number of benzene rings is 1. The van der Waals surface area contributed by atoms with Crippen LogP contribution in [-0.2, 0) is 9.53 Å². The number of hydrogen-bond acceptors (Lipinski definition) is 6. The highest BCUT2D eigenvalue weighted by Gasteiger charge is 2.09. The lowest BCUT2D eigenvalue weighted by Gasteiger charge is -2.10. The van der Waals surface area contributed by atoms with Crippen molar-refractivity contribution >= 4 is 22.7 Å². The Kier molecular flexibility index (Phi) is 4.94. The molecule has 0 saturated heterocycles. The van der Waals surface area contributed by atoms with Crippen molar-refractivity contribution in [1.29, 1.82) is 0 Å². The lowest BCUT2D eigenvalue weighted by Crippen LogP contribution is -2.17. The molecule has 3 N–H and O–H groups in total. The van der Waals surface area contributed by atoms with E-state index < -0.39 is 5.97 Å². The Bertz CT molecular complexity index is 629. The first-order valence-electron chi connectivity index (χ1n) is 6.75. The maximum atomic E-state index is 11.6. The smallest absolute Gasteiger partial charge is 0.344 e. The molecule has 6 heteroatoms. The predicted octanol–water partition coefficient (Wildman–Crippen LogP) is 2.10. The van der Waals surface area contributed by atoms with Crippen LogP contribution in [0.15, 0.2) is 30.3 Å². The van der Waals surface area contributed by atoms with Gasteiger partial charge in [-0.15, -0.1) is 0 Å². The third-order valence-corrected chi connectivity index (χ3v) is 2.75. The van der Waals surface area contributed by atoms with Gasteiger partial charge >= 0.3 is 5.97 Å². The van der Waals surface area contributed by atoms with Crippen LogP contribution in [0.3, 0.4) is 0 Å². The van der Waals surface area contributed by atoms with E-state index in [-0.39, 0.29) is 6.61 Å². The van der Waals surface area contributed by atoms with E-state index in [0.717, 1.165) is 5.39 Å². The highest BCUT2D eigenvalue weighted by atomic mass is 16.6. The summed E-state index contributed by atoms with van der Waals surface area (Å²) in [7, 11) is 0. The van der Waals surface area contributed by atoms with Gasteiger partial charge in [0.15, 0.2) is 6.61 Å². The van der Waals surface area contributed by atoms with Crippen LogP contribution in [0.4, 0.5) is 5.82 Å². The normalized spacial score (nSPS) is 10.7. The molecule has 1 aromatic carbocycles. The van der Waals surface area contributed by atoms with Crippen molar-refractivity contribution < 1.29 is 14.3 Å². The zero-order valence-electron chi connectivity index (χ0n) is 12.1. The third kappa shape index (κ3) is 4.06. The number of para-hydroxylation sites is 1. The number of nitrogens with two attached hydrogens (primary N) is 1. The van der Waals surface area contributed by atoms with Gasteiger partial charge in [-0.05, 0) is 24.1 Å². The number of carbonyl (C=O) groups is 1. The molecule has 2 aromatic rings. The summed E-state index contributed by atoms with van der Waals surface area (Å²) in [6, 6.07) is 9.15. The van der Waals surface area contributed by atoms with Gasteiger partial charge in [-0.25, -0.2) is 15.6 Å². The molecule has 0 fully saturated rings. The fourth-order valence-electron chi connectivity index (χ4n) is 1.75. The topological polar surface area (TPSA) is 86.5 Å². The minimum atomic E-state index is -0.395. The van der Waals surface area contributed by atoms with Crippen LogP contribution in [0.1, 0.15) is 13.8 Å². The Morgan fingerprint density at radius 3 is 2.86 bits per heavy atom. The highest BCUT2D eigenvalue weighted by molar-refractivity contribution is 5.86. The average Bonchev–Trinajstić information content (AvgIpc) is 2.50. The number of nitrogen functional groups attached to an aromatic ring is 1. The molecule has 0 spiro atoms. The van der Waals surface area contributed by atoms with E-state index in [9.17, 15) is 4.79 Å². The summed E-state index contributed by atoms with van der Waals surface area (Å²) < 4.78 is 10.6. The molecule has 0 unspecified atom stereocenters. The van der Waals surface area contributed by atoms with Crippen molar-refractivity contribution in [3.05, 3.63) is 30.3 Å². The molecule has 0 aliphatic heterocycles. The van der Waals surface area contributed by atoms with Crippen LogP contribution in [0.5, 0.6) is 5.75 Å². The minimum absolute atomic E-state index is 0.145. The van der Waals surface area contributed by atoms with Crippen molar-refractivity contribution in [3.8, 4) is 5.75 Å². The van der Waals surface area contributed by atoms with Gasteiger partial charge in [0.05, 0.1) is 6.61 Å². The fourth-order valence-corrected chi connectivity index (χ4v) is 1.75. The highest BCUT2D eigenvalue weighted by Crippen LogP contribution is 2.25. The molecule has 2 rings (SSSR count). The zero-order valence-corrected chi connectivity index (χ0v) is 12.1. The summed E-state index contributed by atoms with van der Waals surface area (Å²) in [5.41, 5.74) is 3.13. The fraction of sp³-hybridized carbons (Fsp3) is 0.333. The van der Waals surface area contributed by atoms with Crippen molar-refractivity contribution in [3.63, 3.8) is 0 Å². The van der Waals surface area contributed by atoms with Crippen LogP contribution < -0.4 is 16.0 Å². The maximum absolute atomic E-state index is 11.6. The molecule has 0 radical (unpaired) electrons. The number of anilines is 1. The predicted molar refractivity (Wildman–Crippen MR) is 80.8 cm³/mol. The molecule has 0 amide bonds. The van der Waals surface area contributed by atoms with E-state index in [0.29, 0.717) is 29.6 Å². The van der Waals surface area contributed by atoms with Crippen LogP contribution in [0, 0.1) is 5.92 Å². The van der Waals surface area contributed by atoms with Crippen LogP contribution in [0.25, 0.3) is 10.9 Å². The van der Waals surface area contributed by atoms with E-state index in [1.54, 1.807) is 12.1 Å². The van der Waals surface area contributed by atoms with Crippen molar-refractivity contribution in [2.75, 3.05) is 18.6 Å². The van der Waals surface area contributed by atoms with Gasteiger partial charge in [-0.3, -0.25) is 0 Å². The van der Waals surface area contributed by atoms with E-state index in [1.165, 1.54) is 0 Å². The number of rotatable bonds is 6. The van der Waals surface area contributed by atoms with Crippen LogP contribution >= 0.6 is 0 Å². The monoisotopic (exact) mass is 289 g/mol. The molecular formula is C15H19N3O3. The SMILES string of the molecule is CC(C)COC(=O)COc1cccc2ccc(NN)nc12. The second-order valence-electron chi connectivity index (χ2n) is 5.03. The van der Waals surface area contributed by atoms with Crippen molar-refractivity contribution in [1.82, 2.24) is 4.98 Å². The number of hydrazine groups is 1. The van der Waals surface area contributed by atoms with Crippen molar-refractivity contribution in [2.24, 2.45) is 11.8 Å². The van der Waals surface area contributed by atoms with E-state index in [1.807, 2.05) is 32.0 Å². The molecular weight excluding hydrogens is 270 g/mol. The number of esters is 1. The van der Waals surface area contributed by atoms with Crippen LogP contribution in [-0.4, -0.2) is 24.2 Å². The summed E-state index contributed by atoms with van der Waals surface area (Å²) in [6.07, 6.45) is 0. The number of pyridine rings is 1. The number of nitrogens with one attached hydrogen (secondary N) is 1. The molecule has 0 saturated carbocycles. The second-order valence-corrected chi connectivity index (χ2v) is 5.03. The quantitative estimate of drug-likeness (QED) is 0.481. The minimum Gasteiger partial charge on any atom is -0.480 e. The van der Waals surface area contributed by atoms with E-state index in [4.69, 9.17) is 15.3 Å². The van der Waals surface area contributed by atoms with Gasteiger partial charge in [-0.2, -0.15) is 0 Å². The summed E-state index contributed by atoms with van der Waals surface area (Å²) in [4.78, 5) is 15.9. The summed E-state index contributed by atoms with van der Waals surface area (Å²) in [5, 5.41) is 0.905. The number of carbonyl (C=O) groups excluding carboxylic acids is 1. The van der Waals surface area contributed by atoms with Gasteiger partial charge < -0.3 is 14.9 Å².